The molecule has 3 rings (SSSR count). The Morgan fingerprint density at radius 1 is 1.40 bits per heavy atom. The van der Waals surface area contributed by atoms with E-state index in [1.807, 2.05) is 6.07 Å². The molecular formula is C14H20N2O3S. The molecule has 1 atom stereocenters. The standard InChI is InChI=1S/C14H20N2O3S/c17-20(18,16-9-11-2-1-7-19-10-11)13-4-3-12-5-6-15-14(12)8-13/h3-4,8,11,15-16H,1-2,5-7,9-10H2. The number of rotatable bonds is 4. The lowest BCUT2D eigenvalue weighted by Gasteiger charge is -2.22. The van der Waals surface area contributed by atoms with E-state index >= 15 is 0 Å². The molecule has 0 radical (unpaired) electrons. The number of ether oxygens (including phenoxy) is 1. The van der Waals surface area contributed by atoms with E-state index in [4.69, 9.17) is 4.74 Å². The van der Waals surface area contributed by atoms with Crippen LogP contribution < -0.4 is 10.0 Å². The quantitative estimate of drug-likeness (QED) is 0.880. The Bertz CT molecular complexity index is 580. The van der Waals surface area contributed by atoms with Crippen LogP contribution >= 0.6 is 0 Å². The highest BCUT2D eigenvalue weighted by atomic mass is 32.2. The zero-order chi connectivity index (χ0) is 14.0. The van der Waals surface area contributed by atoms with Crippen molar-refractivity contribution in [3.63, 3.8) is 0 Å². The van der Waals surface area contributed by atoms with Crippen molar-refractivity contribution in [2.45, 2.75) is 24.2 Å². The van der Waals surface area contributed by atoms with Crippen LogP contribution in [-0.4, -0.2) is 34.7 Å². The minimum absolute atomic E-state index is 0.283. The van der Waals surface area contributed by atoms with Crippen LogP contribution in [-0.2, 0) is 21.2 Å². The summed E-state index contributed by atoms with van der Waals surface area (Å²) >= 11 is 0. The second-order valence-corrected chi connectivity index (χ2v) is 7.20. The molecule has 2 aliphatic heterocycles. The highest BCUT2D eigenvalue weighted by Crippen LogP contribution is 2.25. The molecule has 110 valence electrons. The van der Waals surface area contributed by atoms with Crippen LogP contribution in [0, 0.1) is 5.92 Å². The van der Waals surface area contributed by atoms with E-state index in [0.717, 1.165) is 38.1 Å². The molecule has 2 heterocycles. The molecule has 20 heavy (non-hydrogen) atoms. The summed E-state index contributed by atoms with van der Waals surface area (Å²) in [5, 5.41) is 3.21. The Balaban J connectivity index is 1.68. The topological polar surface area (TPSA) is 67.4 Å². The van der Waals surface area contributed by atoms with Crippen molar-refractivity contribution in [1.29, 1.82) is 0 Å². The minimum Gasteiger partial charge on any atom is -0.384 e. The van der Waals surface area contributed by atoms with Crippen molar-refractivity contribution >= 4 is 15.7 Å². The molecule has 1 saturated heterocycles. The summed E-state index contributed by atoms with van der Waals surface area (Å²) in [6, 6.07) is 5.31. The summed E-state index contributed by atoms with van der Waals surface area (Å²) in [6.45, 7) is 2.77. The van der Waals surface area contributed by atoms with Gasteiger partial charge in [-0.1, -0.05) is 6.07 Å². The fraction of sp³-hybridized carbons (Fsp3) is 0.571. The lowest BCUT2D eigenvalue weighted by atomic mass is 10.0. The summed E-state index contributed by atoms with van der Waals surface area (Å²) in [5.74, 6) is 0.283. The zero-order valence-corrected chi connectivity index (χ0v) is 12.2. The maximum atomic E-state index is 12.3. The first kappa shape index (κ1) is 13.9. The normalized spacial score (nSPS) is 22.3. The first-order chi connectivity index (χ1) is 9.65. The number of hydrogen-bond donors (Lipinski definition) is 2. The molecule has 0 bridgehead atoms. The molecule has 1 fully saturated rings. The molecule has 1 unspecified atom stereocenters. The van der Waals surface area contributed by atoms with Gasteiger partial charge >= 0.3 is 0 Å². The Hall–Kier alpha value is -1.11. The highest BCUT2D eigenvalue weighted by molar-refractivity contribution is 7.89. The van der Waals surface area contributed by atoms with Gasteiger partial charge in [0.15, 0.2) is 0 Å². The van der Waals surface area contributed by atoms with E-state index in [2.05, 4.69) is 10.0 Å². The van der Waals surface area contributed by atoms with Crippen LogP contribution in [0.25, 0.3) is 0 Å². The van der Waals surface area contributed by atoms with Gasteiger partial charge in [0.1, 0.15) is 0 Å². The molecule has 1 aromatic rings. The van der Waals surface area contributed by atoms with Crippen molar-refractivity contribution in [3.8, 4) is 0 Å². The Morgan fingerprint density at radius 3 is 3.10 bits per heavy atom. The van der Waals surface area contributed by atoms with Crippen molar-refractivity contribution in [3.05, 3.63) is 23.8 Å². The largest absolute Gasteiger partial charge is 0.384 e. The van der Waals surface area contributed by atoms with Gasteiger partial charge in [-0.25, -0.2) is 13.1 Å². The first-order valence-corrected chi connectivity index (χ1v) is 8.58. The van der Waals surface area contributed by atoms with E-state index < -0.39 is 10.0 Å². The number of hydrogen-bond acceptors (Lipinski definition) is 4. The molecule has 6 heteroatoms. The third kappa shape index (κ3) is 2.97. The average molecular weight is 296 g/mol. The maximum absolute atomic E-state index is 12.3. The van der Waals surface area contributed by atoms with Gasteiger partial charge in [-0.2, -0.15) is 0 Å². The molecule has 2 N–H and O–H groups in total. The van der Waals surface area contributed by atoms with E-state index in [0.29, 0.717) is 18.0 Å². The highest BCUT2D eigenvalue weighted by Gasteiger charge is 2.21. The molecule has 5 nitrogen and oxygen atoms in total. The zero-order valence-electron chi connectivity index (χ0n) is 11.4. The molecule has 0 amide bonds. The van der Waals surface area contributed by atoms with Crippen LogP contribution in [0.2, 0.25) is 0 Å². The van der Waals surface area contributed by atoms with Gasteiger partial charge in [0, 0.05) is 25.4 Å². The predicted molar refractivity (Wildman–Crippen MR) is 77.4 cm³/mol. The minimum atomic E-state index is -3.43. The monoisotopic (exact) mass is 296 g/mol. The van der Waals surface area contributed by atoms with Gasteiger partial charge in [0.05, 0.1) is 11.5 Å². The summed E-state index contributed by atoms with van der Waals surface area (Å²) in [7, 11) is -3.43. The van der Waals surface area contributed by atoms with Gasteiger partial charge in [0.25, 0.3) is 0 Å². The smallest absolute Gasteiger partial charge is 0.240 e. The van der Waals surface area contributed by atoms with Crippen LogP contribution in [0.3, 0.4) is 0 Å². The Morgan fingerprint density at radius 2 is 2.30 bits per heavy atom. The van der Waals surface area contributed by atoms with Gasteiger partial charge in [-0.15, -0.1) is 0 Å². The van der Waals surface area contributed by atoms with Gasteiger partial charge < -0.3 is 10.1 Å². The fourth-order valence-corrected chi connectivity index (χ4v) is 3.86. The number of sulfonamides is 1. The maximum Gasteiger partial charge on any atom is 0.240 e. The van der Waals surface area contributed by atoms with Crippen molar-refractivity contribution < 1.29 is 13.2 Å². The number of fused-ring (bicyclic) bond motifs is 1. The number of nitrogens with one attached hydrogen (secondary N) is 2. The molecule has 0 spiro atoms. The lowest BCUT2D eigenvalue weighted by Crippen LogP contribution is -2.33. The number of anilines is 1. The second kappa shape index (κ2) is 5.71. The molecule has 2 aliphatic rings. The van der Waals surface area contributed by atoms with Crippen molar-refractivity contribution in [2.75, 3.05) is 31.6 Å². The summed E-state index contributed by atoms with van der Waals surface area (Å²) in [6.07, 6.45) is 2.99. The van der Waals surface area contributed by atoms with Gasteiger partial charge in [-0.3, -0.25) is 0 Å². The summed E-state index contributed by atoms with van der Waals surface area (Å²) < 4.78 is 32.7. The van der Waals surface area contributed by atoms with E-state index in [1.54, 1.807) is 12.1 Å². The summed E-state index contributed by atoms with van der Waals surface area (Å²) in [4.78, 5) is 0.336. The molecule has 1 aromatic carbocycles. The first-order valence-electron chi connectivity index (χ1n) is 7.09. The van der Waals surface area contributed by atoms with E-state index in [9.17, 15) is 8.42 Å². The van der Waals surface area contributed by atoms with Gasteiger partial charge in [-0.05, 0) is 42.9 Å². The summed E-state index contributed by atoms with van der Waals surface area (Å²) in [5.41, 5.74) is 2.12. The van der Waals surface area contributed by atoms with Crippen LogP contribution in [0.15, 0.2) is 23.1 Å². The third-order valence-electron chi connectivity index (χ3n) is 3.92. The Labute approximate surface area is 119 Å². The lowest BCUT2D eigenvalue weighted by molar-refractivity contribution is 0.0568. The van der Waals surface area contributed by atoms with E-state index in [-0.39, 0.29) is 5.92 Å². The third-order valence-corrected chi connectivity index (χ3v) is 5.34. The molecular weight excluding hydrogens is 276 g/mol. The fourth-order valence-electron chi connectivity index (χ4n) is 2.72. The van der Waals surface area contributed by atoms with Crippen LogP contribution in [0.5, 0.6) is 0 Å². The van der Waals surface area contributed by atoms with Crippen molar-refractivity contribution in [2.24, 2.45) is 5.92 Å². The molecule has 0 aliphatic carbocycles. The van der Waals surface area contributed by atoms with Crippen molar-refractivity contribution in [1.82, 2.24) is 4.72 Å². The van der Waals surface area contributed by atoms with Crippen LogP contribution in [0.4, 0.5) is 5.69 Å². The number of benzene rings is 1. The SMILES string of the molecule is O=S(=O)(NCC1CCCOC1)c1ccc2c(c1)NCC2. The second-order valence-electron chi connectivity index (χ2n) is 5.43. The molecule has 0 saturated carbocycles. The average Bonchev–Trinajstić information content (AvgIpc) is 2.94. The van der Waals surface area contributed by atoms with Crippen LogP contribution in [0.1, 0.15) is 18.4 Å². The van der Waals surface area contributed by atoms with E-state index in [1.165, 1.54) is 5.56 Å². The molecule has 0 aromatic heterocycles. The van der Waals surface area contributed by atoms with Gasteiger partial charge in [0.2, 0.25) is 10.0 Å². The Kier molecular flexibility index (Phi) is 3.96. The predicted octanol–water partition coefficient (Wildman–Crippen LogP) is 1.36.